The molecule has 2 aromatic heterocycles. The number of aromatic nitrogens is 2. The van der Waals surface area contributed by atoms with Crippen molar-refractivity contribution in [3.05, 3.63) is 191 Å². The molecule has 0 saturated heterocycles. The quantitative estimate of drug-likeness (QED) is 0.159. The van der Waals surface area contributed by atoms with Gasteiger partial charge in [-0.2, -0.15) is 9.13 Å². The van der Waals surface area contributed by atoms with Crippen molar-refractivity contribution in [1.82, 2.24) is 0 Å². The van der Waals surface area contributed by atoms with E-state index in [1.54, 1.807) is 0 Å². The van der Waals surface area contributed by atoms with Crippen LogP contribution in [0.25, 0.3) is 44.1 Å². The molecule has 15 rings (SSSR count). The third-order valence-corrected chi connectivity index (χ3v) is 10.8. The van der Waals surface area contributed by atoms with Gasteiger partial charge in [-0.3, -0.25) is 0 Å². The first kappa shape index (κ1) is 29.6. The molecule has 0 atom stereocenters. The fourth-order valence-electron chi connectivity index (χ4n) is 8.09. The average Bonchev–Trinajstić information content (AvgIpc) is 3.54. The molecule has 244 valence electrons. The van der Waals surface area contributed by atoms with Crippen LogP contribution in [0.15, 0.2) is 158 Å². The zero-order valence-corrected chi connectivity index (χ0v) is 28.4. The lowest BCUT2D eigenvalue weighted by Crippen LogP contribution is -2.35. The number of fused-ring (bicyclic) bond motifs is 2. The molecule has 0 radical (unpaired) electrons. The third kappa shape index (κ3) is 5.50. The predicted molar refractivity (Wildman–Crippen MR) is 208 cm³/mol. The second-order valence-electron chi connectivity index (χ2n) is 14.0. The Morgan fingerprint density at radius 2 is 0.843 bits per heavy atom. The van der Waals surface area contributed by atoms with Crippen molar-refractivity contribution in [3.8, 4) is 22.3 Å². The summed E-state index contributed by atoms with van der Waals surface area (Å²) in [6.07, 6.45) is 5.43. The Kier molecular flexibility index (Phi) is 7.12. The van der Waals surface area contributed by atoms with Crippen LogP contribution >= 0.6 is 0 Å². The molecule has 12 bridgehead atoms. The van der Waals surface area contributed by atoms with E-state index in [0.717, 1.165) is 44.0 Å². The van der Waals surface area contributed by atoms with Crippen LogP contribution in [0.3, 0.4) is 0 Å². The van der Waals surface area contributed by atoms with E-state index in [1.165, 1.54) is 77.4 Å². The summed E-state index contributed by atoms with van der Waals surface area (Å²) in [5, 5.41) is 9.93. The summed E-state index contributed by atoms with van der Waals surface area (Å²) in [4.78, 5) is 0. The van der Waals surface area contributed by atoms with Gasteiger partial charge in [-0.15, -0.1) is 0 Å². The van der Waals surface area contributed by atoms with Crippen LogP contribution in [0, 0.1) is 0 Å². The fourth-order valence-corrected chi connectivity index (χ4v) is 8.09. The minimum absolute atomic E-state index is 0.764. The molecule has 2 N–H and O–H groups in total. The largest absolute Gasteiger partial charge is 0.380 e. The van der Waals surface area contributed by atoms with E-state index in [4.69, 9.17) is 0 Å². The van der Waals surface area contributed by atoms with Gasteiger partial charge < -0.3 is 10.6 Å². The van der Waals surface area contributed by atoms with Crippen LogP contribution in [0.5, 0.6) is 0 Å². The second kappa shape index (κ2) is 12.3. The smallest absolute Gasteiger partial charge is 0.214 e. The molecule has 0 spiro atoms. The summed E-state index contributed by atoms with van der Waals surface area (Å²) >= 11 is 0. The van der Waals surface area contributed by atoms with Crippen molar-refractivity contribution < 1.29 is 9.13 Å². The fraction of sp³-hybridized carbons (Fsp3) is 0.106. The first-order valence-electron chi connectivity index (χ1n) is 17.9. The predicted octanol–water partition coefficient (Wildman–Crippen LogP) is 9.44. The number of hydrogen-bond donors (Lipinski definition) is 2. The molecule has 0 saturated carbocycles. The minimum atomic E-state index is 0.764. The van der Waals surface area contributed by atoms with E-state index in [9.17, 15) is 0 Å². The van der Waals surface area contributed by atoms with Gasteiger partial charge in [0.25, 0.3) is 0 Å². The number of benzene rings is 6. The highest BCUT2D eigenvalue weighted by molar-refractivity contribution is 5.90. The van der Waals surface area contributed by atoms with E-state index in [0.29, 0.717) is 0 Å². The highest BCUT2D eigenvalue weighted by atomic mass is 15.0. The van der Waals surface area contributed by atoms with Crippen molar-refractivity contribution in [2.45, 2.75) is 32.6 Å². The maximum atomic E-state index is 3.73. The lowest BCUT2D eigenvalue weighted by molar-refractivity contribution is -0.662. The molecular weight excluding hydrogens is 621 g/mol. The van der Waals surface area contributed by atoms with Crippen molar-refractivity contribution in [3.63, 3.8) is 0 Å². The van der Waals surface area contributed by atoms with Crippen LogP contribution in [-0.4, -0.2) is 0 Å². The Morgan fingerprint density at radius 1 is 0.412 bits per heavy atom. The number of para-hydroxylation sites is 2. The Morgan fingerprint density at radius 3 is 1.31 bits per heavy atom. The van der Waals surface area contributed by atoms with E-state index >= 15 is 0 Å². The number of pyridine rings is 2. The summed E-state index contributed by atoms with van der Waals surface area (Å²) in [6.45, 7) is 3.18. The molecular formula is C47H38N4+2. The van der Waals surface area contributed by atoms with Gasteiger partial charge in [-0.25, -0.2) is 0 Å². The van der Waals surface area contributed by atoms with Gasteiger partial charge in [0, 0.05) is 48.5 Å². The average molecular weight is 659 g/mol. The first-order valence-corrected chi connectivity index (χ1v) is 17.9. The van der Waals surface area contributed by atoms with Crippen molar-refractivity contribution in [1.29, 1.82) is 0 Å². The summed E-state index contributed by atoms with van der Waals surface area (Å²) in [5.74, 6) is 0. The molecule has 51 heavy (non-hydrogen) atoms. The highest BCUT2D eigenvalue weighted by Gasteiger charge is 2.22. The summed E-state index contributed by atoms with van der Waals surface area (Å²) in [7, 11) is 0. The Labute approximate surface area is 298 Å². The van der Waals surface area contributed by atoms with Crippen LogP contribution in [0.4, 0.5) is 11.4 Å². The lowest BCUT2D eigenvalue weighted by atomic mass is 10.0. The molecule has 6 aromatic carbocycles. The molecule has 0 amide bonds. The summed E-state index contributed by atoms with van der Waals surface area (Å²) in [6, 6.07) is 53.9. The molecule has 0 unspecified atom stereocenters. The van der Waals surface area contributed by atoms with Crippen LogP contribution in [-0.2, 0) is 32.6 Å². The third-order valence-electron chi connectivity index (χ3n) is 10.8. The van der Waals surface area contributed by atoms with E-state index in [2.05, 4.69) is 178 Å². The summed E-state index contributed by atoms with van der Waals surface area (Å²) in [5.41, 5.74) is 17.9. The van der Waals surface area contributed by atoms with Crippen molar-refractivity contribution in [2.24, 2.45) is 0 Å². The van der Waals surface area contributed by atoms with Crippen LogP contribution in [0.2, 0.25) is 0 Å². The standard InChI is InChI=1S/C47H36N4/c1-3-7-46-42(5-1)44-21-23-50(46)30-34-13-19-40-38(25-34)27-39-26-35(14-20-41(39)40)31-51-24-22-45(43-6-2-4-8-47(43)51)49-29-33-11-17-37(18-12-33)36-15-9-32(10-16-36)28-48-44/h1-26H,27-31H2/p+2. The number of rotatable bonds is 0. The van der Waals surface area contributed by atoms with Crippen LogP contribution < -0.4 is 19.8 Å². The Bertz CT molecular complexity index is 2420. The maximum Gasteiger partial charge on any atom is 0.214 e. The van der Waals surface area contributed by atoms with Gasteiger partial charge in [0.1, 0.15) is 0 Å². The van der Waals surface area contributed by atoms with Crippen LogP contribution in [0.1, 0.15) is 33.4 Å². The highest BCUT2D eigenvalue weighted by Crippen LogP contribution is 2.38. The van der Waals surface area contributed by atoms with Gasteiger partial charge in [0.15, 0.2) is 25.5 Å². The number of nitrogens with one attached hydrogen (secondary N) is 2. The number of nitrogens with zero attached hydrogens (tertiary/aromatic N) is 2. The molecule has 7 aliphatic rings. The number of hydrogen-bond acceptors (Lipinski definition) is 2. The topological polar surface area (TPSA) is 31.8 Å². The number of anilines is 2. The van der Waals surface area contributed by atoms with E-state index in [1.807, 2.05) is 0 Å². The monoisotopic (exact) mass is 658 g/mol. The van der Waals surface area contributed by atoms with Crippen molar-refractivity contribution in [2.75, 3.05) is 10.6 Å². The van der Waals surface area contributed by atoms with Gasteiger partial charge in [0.05, 0.1) is 22.1 Å². The molecule has 6 aliphatic heterocycles. The van der Waals surface area contributed by atoms with Gasteiger partial charge in [-0.05, 0) is 75.2 Å². The lowest BCUT2D eigenvalue weighted by Gasteiger charge is -2.12. The maximum absolute atomic E-state index is 3.73. The second-order valence-corrected chi connectivity index (χ2v) is 14.0. The molecule has 4 heteroatoms. The molecule has 8 heterocycles. The molecule has 8 aromatic rings. The molecule has 1 aliphatic carbocycles. The van der Waals surface area contributed by atoms with Crippen molar-refractivity contribution >= 4 is 33.2 Å². The normalized spacial score (nSPS) is 13.4. The van der Waals surface area contributed by atoms with Gasteiger partial charge in [-0.1, -0.05) is 97.1 Å². The minimum Gasteiger partial charge on any atom is -0.380 e. The SMILES string of the molecule is c1ccc2c(c1)c1cc[n+]2Cc2ccc3c(c2)Cc2cc(ccc2-3)C[n+]2ccc(c3ccccc32)NCc2ccc(cc2)-c2ccc(cc2)CN1. The van der Waals surface area contributed by atoms with Gasteiger partial charge in [0.2, 0.25) is 11.0 Å². The van der Waals surface area contributed by atoms with E-state index < -0.39 is 0 Å². The van der Waals surface area contributed by atoms with Gasteiger partial charge >= 0.3 is 0 Å². The van der Waals surface area contributed by atoms with E-state index in [-0.39, 0.29) is 0 Å². The first-order chi connectivity index (χ1) is 25.2. The summed E-state index contributed by atoms with van der Waals surface area (Å²) < 4.78 is 4.75. The zero-order chi connectivity index (χ0) is 33.7. The molecule has 0 fully saturated rings. The molecule has 4 nitrogen and oxygen atoms in total. The zero-order valence-electron chi connectivity index (χ0n) is 28.4. The Hall–Kier alpha value is -6.26. The Balaban J connectivity index is 1.04.